The van der Waals surface area contributed by atoms with Crippen LogP contribution in [-0.4, -0.2) is 25.9 Å². The molecule has 98 valence electrons. The van der Waals surface area contributed by atoms with E-state index in [4.69, 9.17) is 4.74 Å². The van der Waals surface area contributed by atoms with E-state index in [1.165, 1.54) is 24.1 Å². The van der Waals surface area contributed by atoms with Gasteiger partial charge < -0.3 is 15.4 Å². The zero-order chi connectivity index (χ0) is 11.9. The summed E-state index contributed by atoms with van der Waals surface area (Å²) in [7, 11) is 0. The van der Waals surface area contributed by atoms with Gasteiger partial charge in [0.1, 0.15) is 6.73 Å². The van der Waals surface area contributed by atoms with Crippen molar-refractivity contribution in [2.24, 2.45) is 0 Å². The summed E-state index contributed by atoms with van der Waals surface area (Å²) in [5.41, 5.74) is 2.53. The van der Waals surface area contributed by atoms with Crippen LogP contribution in [0.3, 0.4) is 0 Å². The van der Waals surface area contributed by atoms with Gasteiger partial charge in [-0.3, -0.25) is 0 Å². The standard InChI is InChI=1S/C14H22N2O.2H2/c1-2-12-6-3-4-8-14(12)16-11-17-10-13-7-5-9-15-13;;/h3-4,6,8,13,15-16H,2,5,7,9-11H2,1H3;2*1H. The van der Waals surface area contributed by atoms with Crippen LogP contribution in [0.4, 0.5) is 5.69 Å². The van der Waals surface area contributed by atoms with Crippen LogP contribution in [0, 0.1) is 0 Å². The second kappa shape index (κ2) is 6.62. The Bertz CT molecular complexity index is 344. The Morgan fingerprint density at radius 1 is 1.47 bits per heavy atom. The molecule has 2 rings (SSSR count). The van der Waals surface area contributed by atoms with E-state index in [-0.39, 0.29) is 2.85 Å². The molecular weight excluding hydrogens is 212 g/mol. The first kappa shape index (κ1) is 12.4. The number of aryl methyl sites for hydroxylation is 1. The number of nitrogens with one attached hydrogen (secondary N) is 2. The second-order valence-corrected chi connectivity index (χ2v) is 4.50. The largest absolute Gasteiger partial charge is 0.362 e. The topological polar surface area (TPSA) is 33.3 Å². The summed E-state index contributed by atoms with van der Waals surface area (Å²) >= 11 is 0. The molecule has 3 heteroatoms. The fourth-order valence-electron chi connectivity index (χ4n) is 2.23. The highest BCUT2D eigenvalue weighted by Crippen LogP contribution is 2.15. The Hall–Kier alpha value is -1.06. The van der Waals surface area contributed by atoms with Crippen molar-refractivity contribution in [3.63, 3.8) is 0 Å². The lowest BCUT2D eigenvalue weighted by Crippen LogP contribution is -2.27. The average Bonchev–Trinajstić information content (AvgIpc) is 2.88. The van der Waals surface area contributed by atoms with Crippen molar-refractivity contribution in [1.29, 1.82) is 0 Å². The fourth-order valence-corrected chi connectivity index (χ4v) is 2.23. The first-order valence-corrected chi connectivity index (χ1v) is 6.53. The molecule has 1 aromatic rings. The third kappa shape index (κ3) is 3.72. The third-order valence-electron chi connectivity index (χ3n) is 3.24. The molecule has 1 atom stereocenters. The highest BCUT2D eigenvalue weighted by molar-refractivity contribution is 5.50. The highest BCUT2D eigenvalue weighted by atomic mass is 16.5. The number of hydrogen-bond acceptors (Lipinski definition) is 3. The molecule has 0 bridgehead atoms. The molecule has 1 aromatic carbocycles. The van der Waals surface area contributed by atoms with Gasteiger partial charge in [-0.05, 0) is 37.4 Å². The molecule has 0 aliphatic carbocycles. The van der Waals surface area contributed by atoms with Gasteiger partial charge >= 0.3 is 0 Å². The van der Waals surface area contributed by atoms with E-state index < -0.39 is 0 Å². The molecule has 17 heavy (non-hydrogen) atoms. The molecule has 0 amide bonds. The van der Waals surface area contributed by atoms with Crippen LogP contribution >= 0.6 is 0 Å². The molecule has 1 aliphatic heterocycles. The predicted octanol–water partition coefficient (Wildman–Crippen LogP) is 2.88. The lowest BCUT2D eigenvalue weighted by atomic mass is 10.1. The molecule has 3 nitrogen and oxygen atoms in total. The molecular formula is C14H26N2O. The van der Waals surface area contributed by atoms with Gasteiger partial charge in [-0.2, -0.15) is 0 Å². The van der Waals surface area contributed by atoms with E-state index in [2.05, 4.69) is 41.8 Å². The maximum atomic E-state index is 5.65. The minimum Gasteiger partial charge on any atom is -0.362 e. The van der Waals surface area contributed by atoms with E-state index in [1.807, 2.05) is 0 Å². The Morgan fingerprint density at radius 2 is 2.35 bits per heavy atom. The van der Waals surface area contributed by atoms with Gasteiger partial charge in [0.25, 0.3) is 0 Å². The van der Waals surface area contributed by atoms with Gasteiger partial charge in [0.15, 0.2) is 0 Å². The molecule has 0 saturated carbocycles. The van der Waals surface area contributed by atoms with Crippen LogP contribution in [0.25, 0.3) is 0 Å². The SMILES string of the molecule is CCc1ccccc1NCOCC1CCCN1.[HH].[HH]. The number of anilines is 1. The van der Waals surface area contributed by atoms with Crippen molar-refractivity contribution in [2.75, 3.05) is 25.2 Å². The predicted molar refractivity (Wildman–Crippen MR) is 75.5 cm³/mol. The Morgan fingerprint density at radius 3 is 3.12 bits per heavy atom. The minimum absolute atomic E-state index is 0. The fraction of sp³-hybridized carbons (Fsp3) is 0.571. The van der Waals surface area contributed by atoms with E-state index in [0.717, 1.165) is 19.6 Å². The molecule has 1 unspecified atom stereocenters. The quantitative estimate of drug-likeness (QED) is 0.590. The van der Waals surface area contributed by atoms with Gasteiger partial charge in [-0.1, -0.05) is 25.1 Å². The lowest BCUT2D eigenvalue weighted by Gasteiger charge is -2.13. The molecule has 2 N–H and O–H groups in total. The van der Waals surface area contributed by atoms with Crippen molar-refractivity contribution >= 4 is 5.69 Å². The van der Waals surface area contributed by atoms with Crippen LogP contribution in [0.15, 0.2) is 24.3 Å². The lowest BCUT2D eigenvalue weighted by molar-refractivity contribution is 0.132. The van der Waals surface area contributed by atoms with Crippen molar-refractivity contribution < 1.29 is 7.59 Å². The summed E-state index contributed by atoms with van der Waals surface area (Å²) in [4.78, 5) is 0. The van der Waals surface area contributed by atoms with Crippen LogP contribution < -0.4 is 10.6 Å². The maximum Gasteiger partial charge on any atom is 0.116 e. The Labute approximate surface area is 107 Å². The van der Waals surface area contributed by atoms with Crippen LogP contribution in [0.1, 0.15) is 28.2 Å². The zero-order valence-corrected chi connectivity index (χ0v) is 10.5. The first-order chi connectivity index (χ1) is 8.40. The normalized spacial score (nSPS) is 19.5. The summed E-state index contributed by atoms with van der Waals surface area (Å²) < 4.78 is 5.65. The molecule has 0 aromatic heterocycles. The van der Waals surface area contributed by atoms with Crippen molar-refractivity contribution in [1.82, 2.24) is 5.32 Å². The molecule has 0 radical (unpaired) electrons. The van der Waals surface area contributed by atoms with Crippen LogP contribution in [0.5, 0.6) is 0 Å². The Kier molecular flexibility index (Phi) is 4.83. The zero-order valence-electron chi connectivity index (χ0n) is 10.5. The maximum absolute atomic E-state index is 5.65. The summed E-state index contributed by atoms with van der Waals surface area (Å²) in [6.07, 6.45) is 3.57. The van der Waals surface area contributed by atoms with Crippen LogP contribution in [-0.2, 0) is 11.2 Å². The number of hydrogen-bond donors (Lipinski definition) is 2. The molecule has 1 fully saturated rings. The molecule has 1 heterocycles. The summed E-state index contributed by atoms with van der Waals surface area (Å²) in [5, 5.41) is 6.76. The molecule has 1 saturated heterocycles. The van der Waals surface area contributed by atoms with Gasteiger partial charge in [-0.15, -0.1) is 0 Å². The third-order valence-corrected chi connectivity index (χ3v) is 3.24. The number of ether oxygens (including phenoxy) is 1. The van der Waals surface area contributed by atoms with Crippen molar-refractivity contribution in [3.8, 4) is 0 Å². The smallest absolute Gasteiger partial charge is 0.116 e. The second-order valence-electron chi connectivity index (χ2n) is 4.50. The van der Waals surface area contributed by atoms with E-state index in [0.29, 0.717) is 12.8 Å². The summed E-state index contributed by atoms with van der Waals surface area (Å²) in [5.74, 6) is 0. The van der Waals surface area contributed by atoms with Gasteiger partial charge in [0.05, 0.1) is 6.61 Å². The first-order valence-electron chi connectivity index (χ1n) is 6.53. The van der Waals surface area contributed by atoms with Gasteiger partial charge in [-0.25, -0.2) is 0 Å². The van der Waals surface area contributed by atoms with Gasteiger partial charge in [0.2, 0.25) is 0 Å². The van der Waals surface area contributed by atoms with Crippen molar-refractivity contribution in [3.05, 3.63) is 29.8 Å². The van der Waals surface area contributed by atoms with Gasteiger partial charge in [0, 0.05) is 14.6 Å². The van der Waals surface area contributed by atoms with E-state index in [9.17, 15) is 0 Å². The molecule has 1 aliphatic rings. The molecule has 0 spiro atoms. The average molecular weight is 238 g/mol. The van der Waals surface area contributed by atoms with E-state index in [1.54, 1.807) is 0 Å². The Balaban J connectivity index is 0.00000162. The van der Waals surface area contributed by atoms with Crippen molar-refractivity contribution in [2.45, 2.75) is 32.2 Å². The summed E-state index contributed by atoms with van der Waals surface area (Å²) in [6.45, 7) is 4.71. The van der Waals surface area contributed by atoms with E-state index >= 15 is 0 Å². The van der Waals surface area contributed by atoms with Crippen LogP contribution in [0.2, 0.25) is 0 Å². The monoisotopic (exact) mass is 238 g/mol. The highest BCUT2D eigenvalue weighted by Gasteiger charge is 2.13. The number of rotatable bonds is 6. The number of benzene rings is 1. The summed E-state index contributed by atoms with van der Waals surface area (Å²) in [6, 6.07) is 8.95. The minimum atomic E-state index is 0. The number of para-hydroxylation sites is 1.